The van der Waals surface area contributed by atoms with Crippen molar-refractivity contribution >= 4 is 12.1 Å². The van der Waals surface area contributed by atoms with Crippen LogP contribution in [-0.2, 0) is 0 Å². The van der Waals surface area contributed by atoms with Crippen LogP contribution in [0.5, 0.6) is 0 Å². The summed E-state index contributed by atoms with van der Waals surface area (Å²) in [6.45, 7) is 6.21. The van der Waals surface area contributed by atoms with E-state index < -0.39 is 0 Å². The molecule has 0 spiro atoms. The number of para-hydroxylation sites is 1. The molecule has 0 fully saturated rings. The molecule has 0 bridgehead atoms. The van der Waals surface area contributed by atoms with Gasteiger partial charge in [0.2, 0.25) is 0 Å². The molecule has 5 heteroatoms. The molecular weight excluding hydrogens is 372 g/mol. The number of hydrogen-bond acceptors (Lipinski definition) is 2. The van der Waals surface area contributed by atoms with E-state index in [2.05, 4.69) is 66.2 Å². The van der Waals surface area contributed by atoms with Gasteiger partial charge in [-0.25, -0.2) is 5.43 Å². The van der Waals surface area contributed by atoms with E-state index in [1.54, 1.807) is 12.3 Å². The van der Waals surface area contributed by atoms with Crippen molar-refractivity contribution in [3.8, 4) is 11.4 Å². The Bertz CT molecular complexity index is 1220. The van der Waals surface area contributed by atoms with Gasteiger partial charge in [-0.15, -0.1) is 0 Å². The second-order valence-corrected chi connectivity index (χ2v) is 7.31. The predicted octanol–water partition coefficient (Wildman–Crippen LogP) is 4.96. The highest BCUT2D eigenvalue weighted by atomic mass is 16.2. The Labute approximate surface area is 176 Å². The summed E-state index contributed by atoms with van der Waals surface area (Å²) < 4.78 is 4.10. The molecular formula is C25H24N4O. The number of rotatable bonds is 5. The molecule has 0 unspecified atom stereocenters. The minimum Gasteiger partial charge on any atom is -0.323 e. The van der Waals surface area contributed by atoms with Gasteiger partial charge in [-0.05, 0) is 68.8 Å². The van der Waals surface area contributed by atoms with Crippen molar-refractivity contribution in [2.75, 3.05) is 0 Å². The highest BCUT2D eigenvalue weighted by molar-refractivity contribution is 5.98. The van der Waals surface area contributed by atoms with Crippen LogP contribution in [0.2, 0.25) is 0 Å². The summed E-state index contributed by atoms with van der Waals surface area (Å²) in [4.78, 5) is 12.7. The van der Waals surface area contributed by atoms with Gasteiger partial charge in [0.05, 0.1) is 17.5 Å². The van der Waals surface area contributed by atoms with Gasteiger partial charge in [0.1, 0.15) is 0 Å². The quantitative estimate of drug-likeness (QED) is 0.376. The molecule has 4 aromatic rings. The summed E-state index contributed by atoms with van der Waals surface area (Å²) in [7, 11) is 0. The highest BCUT2D eigenvalue weighted by Crippen LogP contribution is 2.20. The topological polar surface area (TPSA) is 51.3 Å². The number of aryl methyl sites for hydroxylation is 2. The number of carbonyl (C=O) groups excluding carboxylic acids is 1. The molecule has 2 aromatic carbocycles. The van der Waals surface area contributed by atoms with E-state index in [0.717, 1.165) is 28.3 Å². The van der Waals surface area contributed by atoms with Crippen LogP contribution in [0.4, 0.5) is 0 Å². The number of benzene rings is 2. The van der Waals surface area contributed by atoms with E-state index in [9.17, 15) is 4.79 Å². The summed E-state index contributed by atoms with van der Waals surface area (Å²) in [5.74, 6) is -0.247. The zero-order chi connectivity index (χ0) is 21.1. The van der Waals surface area contributed by atoms with Gasteiger partial charge < -0.3 is 9.13 Å². The van der Waals surface area contributed by atoms with Crippen LogP contribution < -0.4 is 5.43 Å². The number of amides is 1. The van der Waals surface area contributed by atoms with E-state index >= 15 is 0 Å². The van der Waals surface area contributed by atoms with Gasteiger partial charge in [0, 0.05) is 35.0 Å². The Morgan fingerprint density at radius 1 is 0.933 bits per heavy atom. The molecule has 2 aromatic heterocycles. The monoisotopic (exact) mass is 396 g/mol. The lowest BCUT2D eigenvalue weighted by Gasteiger charge is -2.10. The van der Waals surface area contributed by atoms with Crippen molar-refractivity contribution in [1.29, 1.82) is 0 Å². The molecule has 0 saturated carbocycles. The van der Waals surface area contributed by atoms with Crippen molar-refractivity contribution in [1.82, 2.24) is 14.6 Å². The molecule has 5 nitrogen and oxygen atoms in total. The van der Waals surface area contributed by atoms with Crippen molar-refractivity contribution in [2.24, 2.45) is 5.10 Å². The molecule has 30 heavy (non-hydrogen) atoms. The number of aromatic nitrogens is 2. The summed E-state index contributed by atoms with van der Waals surface area (Å²) in [5.41, 5.74) is 9.53. The van der Waals surface area contributed by atoms with Gasteiger partial charge in [0.15, 0.2) is 0 Å². The molecule has 0 atom stereocenters. The number of nitrogens with zero attached hydrogens (tertiary/aromatic N) is 3. The SMILES string of the molecule is Cc1cccc(-n2c(C)cc(/C=N\NC(=O)c3ccccc3-n3cccc3)c2C)c1. The molecule has 150 valence electrons. The fourth-order valence-electron chi connectivity index (χ4n) is 3.69. The number of hydrogen-bond donors (Lipinski definition) is 1. The molecule has 0 radical (unpaired) electrons. The number of hydrazone groups is 1. The Hall–Kier alpha value is -3.86. The molecule has 0 aliphatic carbocycles. The summed E-state index contributed by atoms with van der Waals surface area (Å²) in [6, 6.07) is 21.8. The van der Waals surface area contributed by atoms with Gasteiger partial charge in [-0.1, -0.05) is 24.3 Å². The van der Waals surface area contributed by atoms with E-state index in [1.807, 2.05) is 47.3 Å². The average Bonchev–Trinajstić information content (AvgIpc) is 3.36. The van der Waals surface area contributed by atoms with Crippen molar-refractivity contribution in [3.63, 3.8) is 0 Å². The Kier molecular flexibility index (Phi) is 5.35. The van der Waals surface area contributed by atoms with Crippen LogP contribution in [0.25, 0.3) is 11.4 Å². The van der Waals surface area contributed by atoms with Gasteiger partial charge >= 0.3 is 0 Å². The maximum atomic E-state index is 12.7. The van der Waals surface area contributed by atoms with Crippen molar-refractivity contribution in [2.45, 2.75) is 20.8 Å². The van der Waals surface area contributed by atoms with Gasteiger partial charge in [-0.2, -0.15) is 5.10 Å². The predicted molar refractivity (Wildman–Crippen MR) is 121 cm³/mol. The lowest BCUT2D eigenvalue weighted by molar-refractivity contribution is 0.0955. The van der Waals surface area contributed by atoms with E-state index in [4.69, 9.17) is 0 Å². The summed E-state index contributed by atoms with van der Waals surface area (Å²) >= 11 is 0. The van der Waals surface area contributed by atoms with Crippen molar-refractivity contribution < 1.29 is 4.79 Å². The zero-order valence-corrected chi connectivity index (χ0v) is 17.3. The first-order valence-electron chi connectivity index (χ1n) is 9.86. The van der Waals surface area contributed by atoms with E-state index in [1.165, 1.54) is 5.56 Å². The molecule has 1 amide bonds. The third-order valence-electron chi connectivity index (χ3n) is 5.13. The third-order valence-corrected chi connectivity index (χ3v) is 5.13. The van der Waals surface area contributed by atoms with E-state index in [-0.39, 0.29) is 5.91 Å². The first-order valence-corrected chi connectivity index (χ1v) is 9.86. The Morgan fingerprint density at radius 3 is 2.47 bits per heavy atom. The van der Waals surface area contributed by atoms with Crippen LogP contribution in [0.15, 0.2) is 84.2 Å². The van der Waals surface area contributed by atoms with Crippen LogP contribution in [0.3, 0.4) is 0 Å². The lowest BCUT2D eigenvalue weighted by Crippen LogP contribution is -2.19. The fraction of sp³-hybridized carbons (Fsp3) is 0.120. The molecule has 2 heterocycles. The normalized spacial score (nSPS) is 11.2. The first-order chi connectivity index (χ1) is 14.5. The maximum Gasteiger partial charge on any atom is 0.273 e. The molecule has 1 N–H and O–H groups in total. The van der Waals surface area contributed by atoms with Crippen LogP contribution in [0, 0.1) is 20.8 Å². The minimum atomic E-state index is -0.247. The lowest BCUT2D eigenvalue weighted by atomic mass is 10.1. The minimum absolute atomic E-state index is 0.247. The smallest absolute Gasteiger partial charge is 0.273 e. The average molecular weight is 396 g/mol. The molecule has 4 rings (SSSR count). The Balaban J connectivity index is 1.55. The van der Waals surface area contributed by atoms with Crippen LogP contribution in [0.1, 0.15) is 32.9 Å². The second-order valence-electron chi connectivity index (χ2n) is 7.31. The van der Waals surface area contributed by atoms with Crippen molar-refractivity contribution in [3.05, 3.63) is 107 Å². The molecule has 0 aliphatic rings. The molecule has 0 aliphatic heterocycles. The summed E-state index contributed by atoms with van der Waals surface area (Å²) in [6.07, 6.45) is 5.52. The highest BCUT2D eigenvalue weighted by Gasteiger charge is 2.12. The third kappa shape index (κ3) is 3.82. The Morgan fingerprint density at radius 2 is 1.70 bits per heavy atom. The second kappa shape index (κ2) is 8.25. The van der Waals surface area contributed by atoms with Crippen LogP contribution >= 0.6 is 0 Å². The maximum absolute atomic E-state index is 12.7. The fourth-order valence-corrected chi connectivity index (χ4v) is 3.69. The number of nitrogens with one attached hydrogen (secondary N) is 1. The first kappa shape index (κ1) is 19.5. The standard InChI is InChI=1S/C25H24N4O/c1-18-9-8-10-22(15-18)29-19(2)16-21(20(29)3)17-26-27-25(30)23-11-4-5-12-24(23)28-13-6-7-14-28/h4-17H,1-3H3,(H,27,30)/b26-17-. The van der Waals surface area contributed by atoms with E-state index in [0.29, 0.717) is 5.56 Å². The van der Waals surface area contributed by atoms with Gasteiger partial charge in [-0.3, -0.25) is 4.79 Å². The summed E-state index contributed by atoms with van der Waals surface area (Å²) in [5, 5.41) is 4.22. The van der Waals surface area contributed by atoms with Gasteiger partial charge in [0.25, 0.3) is 5.91 Å². The largest absolute Gasteiger partial charge is 0.323 e. The zero-order valence-electron chi connectivity index (χ0n) is 17.3. The van der Waals surface area contributed by atoms with Crippen LogP contribution in [-0.4, -0.2) is 21.3 Å². The number of carbonyl (C=O) groups is 1. The molecule has 0 saturated heterocycles.